The Hall–Kier alpha value is -4.30. The number of carbonyl (C=O) groups is 1. The third-order valence-electron chi connectivity index (χ3n) is 6.45. The Kier molecular flexibility index (Phi) is 5.79. The lowest BCUT2D eigenvalue weighted by atomic mass is 10.1. The van der Waals surface area contributed by atoms with Gasteiger partial charge in [-0.2, -0.15) is 0 Å². The SMILES string of the molecule is O=C(NCc1cn2cc(CNCc3cccc(C4CC4)c3)ccc2n1)c1cc(=O)n2ccccc2n1. The Morgan fingerprint density at radius 1 is 0.889 bits per heavy atom. The van der Waals surface area contributed by atoms with E-state index in [0.717, 1.165) is 35.9 Å². The number of hydrogen-bond donors (Lipinski definition) is 2. The lowest BCUT2D eigenvalue weighted by molar-refractivity contribution is 0.0945. The van der Waals surface area contributed by atoms with E-state index in [1.165, 1.54) is 34.4 Å². The zero-order chi connectivity index (χ0) is 24.5. The van der Waals surface area contributed by atoms with Gasteiger partial charge in [0.25, 0.3) is 11.5 Å². The molecule has 2 N–H and O–H groups in total. The average molecular weight is 479 g/mol. The number of nitrogens with zero attached hydrogens (tertiary/aromatic N) is 4. The molecule has 0 radical (unpaired) electrons. The highest BCUT2D eigenvalue weighted by Crippen LogP contribution is 2.40. The molecule has 4 aromatic heterocycles. The largest absolute Gasteiger partial charge is 0.345 e. The van der Waals surface area contributed by atoms with Crippen molar-refractivity contribution in [2.45, 2.75) is 38.4 Å². The first-order valence-corrected chi connectivity index (χ1v) is 12.2. The number of carbonyl (C=O) groups excluding carboxylic acids is 1. The molecule has 1 amide bonds. The smallest absolute Gasteiger partial charge is 0.270 e. The number of benzene rings is 1. The van der Waals surface area contributed by atoms with Gasteiger partial charge < -0.3 is 15.0 Å². The molecule has 1 aliphatic rings. The highest BCUT2D eigenvalue weighted by Gasteiger charge is 2.23. The minimum absolute atomic E-state index is 0.0889. The molecule has 180 valence electrons. The van der Waals surface area contributed by atoms with E-state index in [2.05, 4.69) is 50.9 Å². The van der Waals surface area contributed by atoms with Gasteiger partial charge >= 0.3 is 0 Å². The van der Waals surface area contributed by atoms with Crippen LogP contribution in [0.15, 0.2) is 84.0 Å². The molecule has 6 rings (SSSR count). The molecule has 0 spiro atoms. The molecule has 0 aliphatic heterocycles. The number of pyridine rings is 2. The topological polar surface area (TPSA) is 92.8 Å². The van der Waals surface area contributed by atoms with Crippen LogP contribution in [0.5, 0.6) is 0 Å². The fraction of sp³-hybridized carbons (Fsp3) is 0.214. The summed E-state index contributed by atoms with van der Waals surface area (Å²) in [7, 11) is 0. The summed E-state index contributed by atoms with van der Waals surface area (Å²) in [5.41, 5.74) is 5.67. The van der Waals surface area contributed by atoms with Crippen molar-refractivity contribution < 1.29 is 4.79 Å². The quantitative estimate of drug-likeness (QED) is 0.356. The van der Waals surface area contributed by atoms with Crippen LogP contribution in [-0.4, -0.2) is 24.7 Å². The van der Waals surface area contributed by atoms with Gasteiger partial charge in [-0.1, -0.05) is 36.4 Å². The number of amides is 1. The summed E-state index contributed by atoms with van der Waals surface area (Å²) >= 11 is 0. The minimum atomic E-state index is -0.411. The molecule has 36 heavy (non-hydrogen) atoms. The van der Waals surface area contributed by atoms with Gasteiger partial charge in [0.15, 0.2) is 0 Å². The van der Waals surface area contributed by atoms with Crippen molar-refractivity contribution in [1.82, 2.24) is 29.4 Å². The monoisotopic (exact) mass is 478 g/mol. The van der Waals surface area contributed by atoms with Gasteiger partial charge in [-0.15, -0.1) is 0 Å². The maximum atomic E-state index is 12.6. The molecule has 0 atom stereocenters. The Bertz CT molecular complexity index is 1630. The number of hydrogen-bond acceptors (Lipinski definition) is 5. The second kappa shape index (κ2) is 9.39. The second-order valence-electron chi connectivity index (χ2n) is 9.25. The molecule has 8 heteroatoms. The molecule has 0 bridgehead atoms. The maximum Gasteiger partial charge on any atom is 0.270 e. The first-order valence-electron chi connectivity index (χ1n) is 12.2. The van der Waals surface area contributed by atoms with Crippen molar-refractivity contribution in [3.63, 3.8) is 0 Å². The van der Waals surface area contributed by atoms with Crippen molar-refractivity contribution in [3.8, 4) is 0 Å². The highest BCUT2D eigenvalue weighted by atomic mass is 16.2. The normalized spacial score (nSPS) is 13.3. The van der Waals surface area contributed by atoms with Crippen molar-refractivity contribution in [1.29, 1.82) is 0 Å². The van der Waals surface area contributed by atoms with Crippen LogP contribution < -0.4 is 16.2 Å². The van der Waals surface area contributed by atoms with Crippen LogP contribution >= 0.6 is 0 Å². The Balaban J connectivity index is 1.08. The fourth-order valence-electron chi connectivity index (χ4n) is 4.44. The second-order valence-corrected chi connectivity index (χ2v) is 9.25. The number of fused-ring (bicyclic) bond motifs is 2. The Morgan fingerprint density at radius 3 is 2.67 bits per heavy atom. The van der Waals surface area contributed by atoms with Gasteiger partial charge in [-0.05, 0) is 53.6 Å². The van der Waals surface area contributed by atoms with Crippen LogP contribution in [0.25, 0.3) is 11.3 Å². The van der Waals surface area contributed by atoms with E-state index in [9.17, 15) is 9.59 Å². The van der Waals surface area contributed by atoms with Crippen LogP contribution in [0.2, 0.25) is 0 Å². The van der Waals surface area contributed by atoms with E-state index < -0.39 is 5.91 Å². The van der Waals surface area contributed by atoms with E-state index in [4.69, 9.17) is 0 Å². The number of rotatable bonds is 8. The minimum Gasteiger partial charge on any atom is -0.345 e. The van der Waals surface area contributed by atoms with Crippen LogP contribution in [-0.2, 0) is 19.6 Å². The first-order chi connectivity index (χ1) is 17.6. The van der Waals surface area contributed by atoms with Gasteiger partial charge in [-0.3, -0.25) is 14.0 Å². The van der Waals surface area contributed by atoms with Gasteiger partial charge in [0.2, 0.25) is 0 Å². The lowest BCUT2D eigenvalue weighted by Crippen LogP contribution is -2.27. The van der Waals surface area contributed by atoms with Gasteiger partial charge in [0.1, 0.15) is 17.0 Å². The summed E-state index contributed by atoms with van der Waals surface area (Å²) < 4.78 is 3.36. The van der Waals surface area contributed by atoms with Crippen LogP contribution in [0, 0.1) is 0 Å². The van der Waals surface area contributed by atoms with Gasteiger partial charge in [-0.25, -0.2) is 9.97 Å². The summed E-state index contributed by atoms with van der Waals surface area (Å²) in [6.07, 6.45) is 8.20. The summed E-state index contributed by atoms with van der Waals surface area (Å²) in [6, 6.07) is 19.4. The number of aromatic nitrogens is 4. The molecule has 8 nitrogen and oxygen atoms in total. The first kappa shape index (κ1) is 22.2. The van der Waals surface area contributed by atoms with Crippen molar-refractivity contribution >= 4 is 17.2 Å². The lowest BCUT2D eigenvalue weighted by Gasteiger charge is -2.07. The van der Waals surface area contributed by atoms with E-state index >= 15 is 0 Å². The van der Waals surface area contributed by atoms with Crippen molar-refractivity contribution in [2.24, 2.45) is 0 Å². The molecule has 1 fully saturated rings. The Labute approximate surface area is 207 Å². The van der Waals surface area contributed by atoms with E-state index in [1.54, 1.807) is 24.4 Å². The predicted octanol–water partition coefficient (Wildman–Crippen LogP) is 3.44. The standard InChI is InChI=1S/C28H26N6O2/c35-27-13-24(32-26-6-1-2-11-34(26)27)28(36)30-16-23-18-33-17-20(7-10-25(33)31-23)15-29-14-19-4-3-5-22(12-19)21-8-9-21/h1-7,10-13,17-18,21,29H,8-9,14-16H2,(H,30,36). The van der Waals surface area contributed by atoms with E-state index in [1.807, 2.05) is 22.9 Å². The third kappa shape index (κ3) is 4.76. The predicted molar refractivity (Wildman–Crippen MR) is 137 cm³/mol. The molecule has 1 aliphatic carbocycles. The van der Waals surface area contributed by atoms with E-state index in [0.29, 0.717) is 5.65 Å². The third-order valence-corrected chi connectivity index (χ3v) is 6.45. The molecular formula is C28H26N6O2. The summed E-state index contributed by atoms with van der Waals surface area (Å²) in [5, 5.41) is 6.34. The van der Waals surface area contributed by atoms with E-state index in [-0.39, 0.29) is 17.8 Å². The molecular weight excluding hydrogens is 452 g/mol. The van der Waals surface area contributed by atoms with Gasteiger partial charge in [0, 0.05) is 37.7 Å². The fourth-order valence-corrected chi connectivity index (χ4v) is 4.44. The maximum absolute atomic E-state index is 12.6. The van der Waals surface area contributed by atoms with Crippen LogP contribution in [0.1, 0.15) is 51.6 Å². The average Bonchev–Trinajstić information content (AvgIpc) is 3.67. The summed E-state index contributed by atoms with van der Waals surface area (Å²) in [4.78, 5) is 33.7. The zero-order valence-electron chi connectivity index (χ0n) is 19.7. The van der Waals surface area contributed by atoms with Crippen molar-refractivity contribution in [3.05, 3.63) is 118 Å². The summed E-state index contributed by atoms with van der Waals surface area (Å²) in [5.74, 6) is 0.353. The molecule has 0 saturated heterocycles. The van der Waals surface area contributed by atoms with Crippen molar-refractivity contribution in [2.75, 3.05) is 0 Å². The zero-order valence-corrected chi connectivity index (χ0v) is 19.7. The number of imidazole rings is 1. The molecule has 1 saturated carbocycles. The van der Waals surface area contributed by atoms with Gasteiger partial charge in [0.05, 0.1) is 12.2 Å². The molecule has 5 aromatic rings. The van der Waals surface area contributed by atoms with Crippen LogP contribution in [0.4, 0.5) is 0 Å². The summed E-state index contributed by atoms with van der Waals surface area (Å²) in [6.45, 7) is 1.81. The molecule has 0 unspecified atom stereocenters. The molecule has 1 aromatic carbocycles. The molecule has 4 heterocycles. The number of nitrogens with one attached hydrogen (secondary N) is 2. The Morgan fingerprint density at radius 2 is 1.78 bits per heavy atom. The highest BCUT2D eigenvalue weighted by molar-refractivity contribution is 5.92. The van der Waals surface area contributed by atoms with Crippen LogP contribution in [0.3, 0.4) is 0 Å².